The predicted molar refractivity (Wildman–Crippen MR) is 77.3 cm³/mol. The van der Waals surface area contributed by atoms with Crippen molar-refractivity contribution in [2.24, 2.45) is 0 Å². The molecule has 5 heteroatoms. The van der Waals surface area contributed by atoms with Gasteiger partial charge in [0.25, 0.3) is 0 Å². The molecule has 2 unspecified atom stereocenters. The van der Waals surface area contributed by atoms with Gasteiger partial charge in [-0.05, 0) is 31.0 Å². The molecule has 0 spiro atoms. The quantitative estimate of drug-likeness (QED) is 0.899. The third-order valence-corrected chi connectivity index (χ3v) is 4.58. The lowest BCUT2D eigenvalue weighted by Gasteiger charge is -2.19. The number of H-pyrrole nitrogens is 1. The van der Waals surface area contributed by atoms with E-state index >= 15 is 0 Å². The summed E-state index contributed by atoms with van der Waals surface area (Å²) in [5.41, 5.74) is 2.87. The van der Waals surface area contributed by atoms with Crippen molar-refractivity contribution in [3.63, 3.8) is 0 Å². The number of nitrogens with zero attached hydrogens (tertiary/aromatic N) is 2. The van der Waals surface area contributed by atoms with E-state index in [0.29, 0.717) is 11.3 Å². The van der Waals surface area contributed by atoms with Crippen LogP contribution in [0.1, 0.15) is 29.9 Å². The number of aromatic amines is 1. The van der Waals surface area contributed by atoms with Crippen molar-refractivity contribution in [3.05, 3.63) is 41.2 Å². The molecular formula is C14H18N4S. The van der Waals surface area contributed by atoms with Crippen LogP contribution in [0.3, 0.4) is 0 Å². The first-order valence-corrected chi connectivity index (χ1v) is 7.52. The van der Waals surface area contributed by atoms with Crippen molar-refractivity contribution in [2.75, 3.05) is 6.54 Å². The number of aryl methyl sites for hydroxylation is 1. The van der Waals surface area contributed by atoms with Gasteiger partial charge in [0.1, 0.15) is 5.82 Å². The van der Waals surface area contributed by atoms with Crippen LogP contribution in [-0.2, 0) is 6.42 Å². The fourth-order valence-corrected chi connectivity index (χ4v) is 3.84. The van der Waals surface area contributed by atoms with Crippen LogP contribution in [0.25, 0.3) is 0 Å². The van der Waals surface area contributed by atoms with Crippen molar-refractivity contribution in [2.45, 2.75) is 36.7 Å². The first kappa shape index (κ1) is 12.7. The molecular weight excluding hydrogens is 256 g/mol. The molecule has 2 aromatic rings. The fraction of sp³-hybridized carbons (Fsp3) is 0.429. The largest absolute Gasteiger partial charge is 0.309 e. The summed E-state index contributed by atoms with van der Waals surface area (Å²) in [5.74, 6) is 0.873. The molecule has 4 nitrogen and oxygen atoms in total. The van der Waals surface area contributed by atoms with Crippen LogP contribution < -0.4 is 5.32 Å². The molecule has 1 aromatic heterocycles. The SMILES string of the molecule is CCNC1c2ccccc2CC1Sc1n[nH]c(C)n1. The van der Waals surface area contributed by atoms with Crippen LogP contribution in [0.2, 0.25) is 0 Å². The molecule has 0 saturated carbocycles. The van der Waals surface area contributed by atoms with Crippen molar-refractivity contribution in [1.82, 2.24) is 20.5 Å². The minimum atomic E-state index is 0.394. The summed E-state index contributed by atoms with van der Waals surface area (Å²) in [6.45, 7) is 5.06. The van der Waals surface area contributed by atoms with Gasteiger partial charge in [-0.1, -0.05) is 43.0 Å². The lowest BCUT2D eigenvalue weighted by Crippen LogP contribution is -2.26. The number of rotatable bonds is 4. The zero-order valence-corrected chi connectivity index (χ0v) is 12.0. The van der Waals surface area contributed by atoms with E-state index in [9.17, 15) is 0 Å². The number of benzene rings is 1. The summed E-state index contributed by atoms with van der Waals surface area (Å²) < 4.78 is 0. The maximum absolute atomic E-state index is 4.40. The maximum Gasteiger partial charge on any atom is 0.208 e. The average molecular weight is 274 g/mol. The van der Waals surface area contributed by atoms with Gasteiger partial charge in [-0.2, -0.15) is 0 Å². The zero-order chi connectivity index (χ0) is 13.2. The number of fused-ring (bicyclic) bond motifs is 1. The van der Waals surface area contributed by atoms with Crippen molar-refractivity contribution in [1.29, 1.82) is 0 Å². The van der Waals surface area contributed by atoms with E-state index in [1.807, 2.05) is 6.92 Å². The average Bonchev–Trinajstić information content (AvgIpc) is 2.96. The summed E-state index contributed by atoms with van der Waals surface area (Å²) in [5, 5.41) is 12.0. The van der Waals surface area contributed by atoms with Crippen molar-refractivity contribution >= 4 is 11.8 Å². The Hall–Kier alpha value is -1.33. The molecule has 1 aromatic carbocycles. The molecule has 0 bridgehead atoms. The molecule has 2 N–H and O–H groups in total. The summed E-state index contributed by atoms with van der Waals surface area (Å²) in [6.07, 6.45) is 1.08. The lowest BCUT2D eigenvalue weighted by molar-refractivity contribution is 0.559. The minimum Gasteiger partial charge on any atom is -0.309 e. The van der Waals surface area contributed by atoms with E-state index in [2.05, 4.69) is 51.7 Å². The lowest BCUT2D eigenvalue weighted by atomic mass is 10.1. The van der Waals surface area contributed by atoms with Crippen LogP contribution in [0.5, 0.6) is 0 Å². The number of thioether (sulfide) groups is 1. The van der Waals surface area contributed by atoms with Gasteiger partial charge in [-0.15, -0.1) is 5.10 Å². The van der Waals surface area contributed by atoms with Crippen molar-refractivity contribution in [3.8, 4) is 0 Å². The van der Waals surface area contributed by atoms with Crippen LogP contribution in [0.4, 0.5) is 0 Å². The third-order valence-electron chi connectivity index (χ3n) is 3.44. The normalized spacial score (nSPS) is 21.6. The van der Waals surface area contributed by atoms with E-state index in [-0.39, 0.29) is 0 Å². The fourth-order valence-electron chi connectivity index (χ4n) is 2.64. The highest BCUT2D eigenvalue weighted by atomic mass is 32.2. The summed E-state index contributed by atoms with van der Waals surface area (Å²) in [4.78, 5) is 4.40. The monoisotopic (exact) mass is 274 g/mol. The van der Waals surface area contributed by atoms with Gasteiger partial charge in [0.15, 0.2) is 0 Å². The van der Waals surface area contributed by atoms with Gasteiger partial charge in [0.2, 0.25) is 5.16 Å². The second-order valence-electron chi connectivity index (χ2n) is 4.80. The van der Waals surface area contributed by atoms with Gasteiger partial charge in [-0.25, -0.2) is 4.98 Å². The highest BCUT2D eigenvalue weighted by Crippen LogP contribution is 2.40. The highest BCUT2D eigenvalue weighted by Gasteiger charge is 2.33. The van der Waals surface area contributed by atoms with E-state index in [4.69, 9.17) is 0 Å². The molecule has 0 saturated heterocycles. The Morgan fingerprint density at radius 3 is 3.00 bits per heavy atom. The zero-order valence-electron chi connectivity index (χ0n) is 11.2. The van der Waals surface area contributed by atoms with Crippen LogP contribution in [0, 0.1) is 6.92 Å². The first-order chi connectivity index (χ1) is 9.28. The molecule has 0 aliphatic heterocycles. The molecule has 0 amide bonds. The van der Waals surface area contributed by atoms with E-state index in [1.165, 1.54) is 11.1 Å². The Bertz CT molecular complexity index is 566. The standard InChI is InChI=1S/C14H18N4S/c1-3-15-13-11-7-5-4-6-10(11)8-12(13)19-14-16-9(2)17-18-14/h4-7,12-13,15H,3,8H2,1-2H3,(H,16,17,18). The Labute approximate surface area is 117 Å². The van der Waals surface area contributed by atoms with Gasteiger partial charge >= 0.3 is 0 Å². The van der Waals surface area contributed by atoms with Crippen LogP contribution in [-0.4, -0.2) is 27.0 Å². The van der Waals surface area contributed by atoms with E-state index in [1.54, 1.807) is 11.8 Å². The predicted octanol–water partition coefficient (Wildman–Crippen LogP) is 2.48. The number of nitrogens with one attached hydrogen (secondary N) is 2. The Kier molecular flexibility index (Phi) is 3.57. The van der Waals surface area contributed by atoms with Crippen LogP contribution in [0.15, 0.2) is 29.4 Å². The van der Waals surface area contributed by atoms with Gasteiger partial charge in [0.05, 0.1) is 0 Å². The number of hydrogen-bond donors (Lipinski definition) is 2. The smallest absolute Gasteiger partial charge is 0.208 e. The summed E-state index contributed by atoms with van der Waals surface area (Å²) in [6, 6.07) is 9.08. The number of hydrogen-bond acceptors (Lipinski definition) is 4. The summed E-state index contributed by atoms with van der Waals surface area (Å²) >= 11 is 1.76. The Morgan fingerprint density at radius 2 is 2.26 bits per heavy atom. The molecule has 2 atom stereocenters. The third kappa shape index (κ3) is 2.53. The van der Waals surface area contributed by atoms with Gasteiger partial charge < -0.3 is 5.32 Å². The molecule has 1 heterocycles. The molecule has 0 radical (unpaired) electrons. The number of aromatic nitrogens is 3. The molecule has 100 valence electrons. The van der Waals surface area contributed by atoms with E-state index in [0.717, 1.165) is 23.9 Å². The molecule has 1 aliphatic rings. The Balaban J connectivity index is 1.82. The minimum absolute atomic E-state index is 0.394. The maximum atomic E-state index is 4.40. The van der Waals surface area contributed by atoms with E-state index < -0.39 is 0 Å². The van der Waals surface area contributed by atoms with Crippen molar-refractivity contribution < 1.29 is 0 Å². The molecule has 0 fully saturated rings. The van der Waals surface area contributed by atoms with Gasteiger partial charge in [0, 0.05) is 11.3 Å². The second kappa shape index (κ2) is 5.35. The molecule has 3 rings (SSSR count). The molecule has 1 aliphatic carbocycles. The van der Waals surface area contributed by atoms with Gasteiger partial charge in [-0.3, -0.25) is 5.10 Å². The first-order valence-electron chi connectivity index (χ1n) is 6.64. The van der Waals surface area contributed by atoms with Crippen LogP contribution >= 0.6 is 11.8 Å². The second-order valence-corrected chi connectivity index (χ2v) is 6.00. The summed E-state index contributed by atoms with van der Waals surface area (Å²) in [7, 11) is 0. The molecule has 19 heavy (non-hydrogen) atoms. The topological polar surface area (TPSA) is 53.6 Å². The highest BCUT2D eigenvalue weighted by molar-refractivity contribution is 7.99. The Morgan fingerprint density at radius 1 is 1.42 bits per heavy atom.